The van der Waals surface area contributed by atoms with Crippen molar-refractivity contribution in [1.29, 1.82) is 0 Å². The lowest BCUT2D eigenvalue weighted by Crippen LogP contribution is -2.52. The minimum absolute atomic E-state index is 0.0535. The highest BCUT2D eigenvalue weighted by molar-refractivity contribution is 5.93. The number of amides is 1. The van der Waals surface area contributed by atoms with Crippen LogP contribution < -0.4 is 4.74 Å². The zero-order chi connectivity index (χ0) is 16.2. The van der Waals surface area contributed by atoms with Gasteiger partial charge >= 0.3 is 0 Å². The third-order valence-corrected chi connectivity index (χ3v) is 4.17. The lowest BCUT2D eigenvalue weighted by Gasteiger charge is -2.37. The molecule has 1 aromatic carbocycles. The van der Waals surface area contributed by atoms with Crippen LogP contribution in [0.15, 0.2) is 47.1 Å². The van der Waals surface area contributed by atoms with E-state index in [2.05, 4.69) is 18.9 Å². The zero-order valence-corrected chi connectivity index (χ0v) is 13.6. The van der Waals surface area contributed by atoms with E-state index in [1.807, 2.05) is 35.2 Å². The molecule has 1 amide bonds. The second kappa shape index (κ2) is 6.87. The molecular weight excluding hydrogens is 292 g/mol. The van der Waals surface area contributed by atoms with Crippen molar-refractivity contribution >= 4 is 5.91 Å². The quantitative estimate of drug-likeness (QED) is 0.870. The van der Waals surface area contributed by atoms with Crippen molar-refractivity contribution in [2.45, 2.75) is 19.6 Å². The number of rotatable bonds is 4. The molecule has 0 saturated carbocycles. The lowest BCUT2D eigenvalue weighted by molar-refractivity contribution is 0.0499. The molecule has 23 heavy (non-hydrogen) atoms. The molecule has 1 aliphatic heterocycles. The number of furan rings is 1. The van der Waals surface area contributed by atoms with E-state index < -0.39 is 0 Å². The highest BCUT2D eigenvalue weighted by Gasteiger charge is 2.29. The summed E-state index contributed by atoms with van der Waals surface area (Å²) in [6.07, 6.45) is 1.55. The Kier molecular flexibility index (Phi) is 4.67. The number of para-hydroxylation sites is 1. The van der Waals surface area contributed by atoms with E-state index in [9.17, 15) is 4.79 Å². The minimum Gasteiger partial charge on any atom is -0.489 e. The Morgan fingerprint density at radius 3 is 2.78 bits per heavy atom. The smallest absolute Gasteiger partial charge is 0.290 e. The third-order valence-electron chi connectivity index (χ3n) is 4.17. The van der Waals surface area contributed by atoms with Gasteiger partial charge in [-0.3, -0.25) is 4.79 Å². The molecule has 0 N–H and O–H groups in total. The Hall–Kier alpha value is -2.27. The summed E-state index contributed by atoms with van der Waals surface area (Å²) in [5.41, 5.74) is 0.782. The summed E-state index contributed by atoms with van der Waals surface area (Å²) in [6.45, 7) is 4.87. The predicted molar refractivity (Wildman–Crippen MR) is 87.5 cm³/mol. The maximum absolute atomic E-state index is 12.8. The standard InChI is InChI=1S/C18H22N2O3/c1-14-12-19(2)9-10-20(14)18(21)17-15(8-11-22-17)13-23-16-6-4-3-5-7-16/h3-8,11,14H,9-10,12-13H2,1-2H3. The molecule has 1 aliphatic rings. The molecule has 5 heteroatoms. The van der Waals surface area contributed by atoms with Crippen LogP contribution in [0.1, 0.15) is 23.0 Å². The van der Waals surface area contributed by atoms with Crippen molar-refractivity contribution in [2.24, 2.45) is 0 Å². The van der Waals surface area contributed by atoms with Crippen LogP contribution in [-0.4, -0.2) is 48.4 Å². The summed E-state index contributed by atoms with van der Waals surface area (Å²) < 4.78 is 11.2. The fraction of sp³-hybridized carbons (Fsp3) is 0.389. The summed E-state index contributed by atoms with van der Waals surface area (Å²) in [4.78, 5) is 16.9. The molecule has 0 spiro atoms. The molecule has 0 radical (unpaired) electrons. The van der Waals surface area contributed by atoms with Gasteiger partial charge in [-0.2, -0.15) is 0 Å². The molecule has 2 heterocycles. The Morgan fingerprint density at radius 2 is 2.04 bits per heavy atom. The van der Waals surface area contributed by atoms with Crippen LogP contribution in [0, 0.1) is 0 Å². The molecule has 1 unspecified atom stereocenters. The zero-order valence-electron chi connectivity index (χ0n) is 13.6. The van der Waals surface area contributed by atoms with E-state index in [1.54, 1.807) is 12.3 Å². The normalized spacial score (nSPS) is 18.9. The lowest BCUT2D eigenvalue weighted by atomic mass is 10.1. The molecule has 2 aromatic rings. The molecule has 1 saturated heterocycles. The van der Waals surface area contributed by atoms with Gasteiger partial charge in [-0.05, 0) is 32.2 Å². The minimum atomic E-state index is -0.0535. The maximum atomic E-state index is 12.8. The maximum Gasteiger partial charge on any atom is 0.290 e. The predicted octanol–water partition coefficient (Wildman–Crippen LogP) is 2.63. The highest BCUT2D eigenvalue weighted by atomic mass is 16.5. The number of benzene rings is 1. The number of carbonyl (C=O) groups excluding carboxylic acids is 1. The van der Waals surface area contributed by atoms with Gasteiger partial charge in [0.25, 0.3) is 5.91 Å². The Bertz CT molecular complexity index is 653. The van der Waals surface area contributed by atoms with Gasteiger partial charge in [-0.25, -0.2) is 0 Å². The molecular formula is C18H22N2O3. The first-order valence-corrected chi connectivity index (χ1v) is 7.89. The molecule has 3 rings (SSSR count). The van der Waals surface area contributed by atoms with E-state index in [-0.39, 0.29) is 11.9 Å². The first-order valence-electron chi connectivity index (χ1n) is 7.89. The van der Waals surface area contributed by atoms with E-state index in [0.29, 0.717) is 12.4 Å². The number of likely N-dealkylation sites (N-methyl/N-ethyl adjacent to an activating group) is 1. The fourth-order valence-electron chi connectivity index (χ4n) is 2.89. The second-order valence-corrected chi connectivity index (χ2v) is 5.99. The van der Waals surface area contributed by atoms with Crippen molar-refractivity contribution < 1.29 is 13.9 Å². The second-order valence-electron chi connectivity index (χ2n) is 5.99. The monoisotopic (exact) mass is 314 g/mol. The Morgan fingerprint density at radius 1 is 1.26 bits per heavy atom. The van der Waals surface area contributed by atoms with Gasteiger partial charge in [-0.15, -0.1) is 0 Å². The summed E-state index contributed by atoms with van der Waals surface area (Å²) in [6, 6.07) is 11.5. The average molecular weight is 314 g/mol. The molecule has 1 aromatic heterocycles. The number of hydrogen-bond donors (Lipinski definition) is 0. The van der Waals surface area contributed by atoms with Crippen LogP contribution in [0.3, 0.4) is 0 Å². The SMILES string of the molecule is CC1CN(C)CCN1C(=O)c1occc1COc1ccccc1. The van der Waals surface area contributed by atoms with E-state index in [0.717, 1.165) is 30.9 Å². The number of hydrogen-bond acceptors (Lipinski definition) is 4. The molecule has 122 valence electrons. The van der Waals surface area contributed by atoms with E-state index in [1.165, 1.54) is 0 Å². The number of nitrogens with zero attached hydrogens (tertiary/aromatic N) is 2. The Balaban J connectivity index is 1.69. The summed E-state index contributed by atoms with van der Waals surface area (Å²) >= 11 is 0. The van der Waals surface area contributed by atoms with Gasteiger partial charge < -0.3 is 19.0 Å². The molecule has 0 aliphatic carbocycles. The van der Waals surface area contributed by atoms with Gasteiger partial charge in [0.2, 0.25) is 0 Å². The first-order chi connectivity index (χ1) is 11.1. The van der Waals surface area contributed by atoms with Crippen LogP contribution in [-0.2, 0) is 6.61 Å². The molecule has 5 nitrogen and oxygen atoms in total. The largest absolute Gasteiger partial charge is 0.489 e. The third kappa shape index (κ3) is 3.56. The van der Waals surface area contributed by atoms with Crippen molar-refractivity contribution in [1.82, 2.24) is 9.80 Å². The van der Waals surface area contributed by atoms with Crippen molar-refractivity contribution in [3.05, 3.63) is 54.0 Å². The summed E-state index contributed by atoms with van der Waals surface area (Å²) in [5.74, 6) is 1.11. The summed E-state index contributed by atoms with van der Waals surface area (Å²) in [5, 5.41) is 0. The van der Waals surface area contributed by atoms with Crippen LogP contribution in [0.4, 0.5) is 0 Å². The fourth-order valence-corrected chi connectivity index (χ4v) is 2.89. The summed E-state index contributed by atoms with van der Waals surface area (Å²) in [7, 11) is 2.07. The van der Waals surface area contributed by atoms with E-state index in [4.69, 9.17) is 9.15 Å². The molecule has 1 fully saturated rings. The van der Waals surface area contributed by atoms with Crippen LogP contribution in [0.2, 0.25) is 0 Å². The van der Waals surface area contributed by atoms with Gasteiger partial charge in [-0.1, -0.05) is 18.2 Å². The van der Waals surface area contributed by atoms with Gasteiger partial charge in [0.05, 0.1) is 6.26 Å². The van der Waals surface area contributed by atoms with Crippen molar-refractivity contribution in [2.75, 3.05) is 26.7 Å². The topological polar surface area (TPSA) is 45.9 Å². The van der Waals surface area contributed by atoms with Gasteiger partial charge in [0.15, 0.2) is 5.76 Å². The van der Waals surface area contributed by atoms with Crippen LogP contribution in [0.5, 0.6) is 5.75 Å². The molecule has 0 bridgehead atoms. The average Bonchev–Trinajstić information content (AvgIpc) is 3.02. The van der Waals surface area contributed by atoms with Crippen molar-refractivity contribution in [3.8, 4) is 5.75 Å². The van der Waals surface area contributed by atoms with Crippen LogP contribution in [0.25, 0.3) is 0 Å². The first kappa shape index (κ1) is 15.6. The number of ether oxygens (including phenoxy) is 1. The highest BCUT2D eigenvalue weighted by Crippen LogP contribution is 2.19. The Labute approximate surface area is 136 Å². The van der Waals surface area contributed by atoms with Gasteiger partial charge in [0, 0.05) is 31.2 Å². The number of piperazine rings is 1. The van der Waals surface area contributed by atoms with E-state index >= 15 is 0 Å². The van der Waals surface area contributed by atoms with Gasteiger partial charge in [0.1, 0.15) is 12.4 Å². The van der Waals surface area contributed by atoms with Crippen LogP contribution >= 0.6 is 0 Å². The molecule has 1 atom stereocenters. The number of carbonyl (C=O) groups is 1. The van der Waals surface area contributed by atoms with Crippen molar-refractivity contribution in [3.63, 3.8) is 0 Å².